The maximum absolute atomic E-state index is 10.7. The number of rotatable bonds is 6. The normalized spacial score (nSPS) is 12.0. The van der Waals surface area contributed by atoms with Crippen LogP contribution in [0.15, 0.2) is 188 Å². The van der Waals surface area contributed by atoms with Crippen LogP contribution in [0.25, 0.3) is 0 Å². The molecule has 0 radical (unpaired) electrons. The third-order valence-corrected chi connectivity index (χ3v) is 12.7. The van der Waals surface area contributed by atoms with E-state index in [9.17, 15) is 25.2 Å². The van der Waals surface area contributed by atoms with Gasteiger partial charge in [0.05, 0.1) is 16.9 Å². The Kier molecular flexibility index (Phi) is 20.1. The molecule has 0 spiro atoms. The van der Waals surface area contributed by atoms with Crippen molar-refractivity contribution in [1.82, 2.24) is 9.97 Å². The summed E-state index contributed by atoms with van der Waals surface area (Å²) < 4.78 is 59.2. The summed E-state index contributed by atoms with van der Waals surface area (Å²) in [6, 6.07) is 67.5. The number of benzene rings is 4. The molecule has 7 rings (SSSR count). The summed E-state index contributed by atoms with van der Waals surface area (Å²) in [5, 5.41) is 12.7. The van der Waals surface area contributed by atoms with E-state index in [1.807, 2.05) is 30.3 Å². The van der Waals surface area contributed by atoms with Gasteiger partial charge in [-0.1, -0.05) is 175 Å². The summed E-state index contributed by atoms with van der Waals surface area (Å²) in [5.74, 6) is 0. The molecule has 13 heteroatoms. The standard InChI is InChI=1S/2C21H22NP.C5H5.C2H3N.F6P.Ru/c2*1-21(2,3)19-15-10-16-20(22-19)23(17-11-6-4-7-12-17)18-13-8-5-9-14-18;1-2-4-5-3-1;1-2-3;1-7(2,3,4,5)6;/h2*4-16H,1-3H3;1-5H;1H3;;/q;;-1;;-1;+2. The molecule has 0 atom stereocenters. The monoisotopic (exact) mass is 991 g/mol. The SMILES string of the molecule is CC#N.CC(C)(C)c1cccc(P(c2ccccc2)c2ccccc2)n1.CC(C)(C)c1cccc(P(c2ccccc2)c2ccccc2)n1.F[P-](F)(F)(F)(F)F.[Ru+2].c1cc[cH-]c1. The summed E-state index contributed by atoms with van der Waals surface area (Å²) in [6.07, 6.45) is 0. The molecule has 62 heavy (non-hydrogen) atoms. The zero-order valence-electron chi connectivity index (χ0n) is 35.7. The van der Waals surface area contributed by atoms with Crippen molar-refractivity contribution < 1.29 is 44.7 Å². The predicted molar refractivity (Wildman–Crippen MR) is 250 cm³/mol. The Balaban J connectivity index is 0.000000318. The van der Waals surface area contributed by atoms with Gasteiger partial charge in [0.15, 0.2) is 0 Å². The molecule has 2 aromatic heterocycles. The van der Waals surface area contributed by atoms with Crippen LogP contribution < -0.4 is 32.1 Å². The summed E-state index contributed by atoms with van der Waals surface area (Å²) in [5.41, 5.74) is 4.76. The molecule has 2 heterocycles. The van der Waals surface area contributed by atoms with Crippen molar-refractivity contribution in [1.29, 1.82) is 5.26 Å². The van der Waals surface area contributed by atoms with Gasteiger partial charge in [-0.3, -0.25) is 9.97 Å². The van der Waals surface area contributed by atoms with Gasteiger partial charge in [0.2, 0.25) is 0 Å². The van der Waals surface area contributed by atoms with Crippen molar-refractivity contribution in [2.24, 2.45) is 0 Å². The van der Waals surface area contributed by atoms with E-state index in [0.717, 1.165) is 11.4 Å². The molecule has 7 aromatic rings. The fraction of sp³-hybridized carbons (Fsp3) is 0.184. The van der Waals surface area contributed by atoms with E-state index in [1.165, 1.54) is 39.0 Å². The largest absolute Gasteiger partial charge is 2.00 e. The van der Waals surface area contributed by atoms with E-state index < -0.39 is 23.7 Å². The van der Waals surface area contributed by atoms with E-state index >= 15 is 0 Å². The smallest absolute Gasteiger partial charge is 0.214 e. The predicted octanol–water partition coefficient (Wildman–Crippen LogP) is 13.6. The number of hydrogen-bond donors (Lipinski definition) is 0. The second kappa shape index (κ2) is 23.3. The van der Waals surface area contributed by atoms with Crippen molar-refractivity contribution in [3.63, 3.8) is 0 Å². The van der Waals surface area contributed by atoms with Crippen LogP contribution in [0, 0.1) is 11.3 Å². The molecular weight excluding hydrogens is 939 g/mol. The second-order valence-corrected chi connectivity index (χ2v) is 21.7. The molecule has 0 fully saturated rings. The molecule has 0 aliphatic carbocycles. The zero-order chi connectivity index (χ0) is 45.2. The first kappa shape index (κ1) is 53.6. The van der Waals surface area contributed by atoms with Gasteiger partial charge in [0, 0.05) is 45.0 Å². The number of nitrogens with zero attached hydrogens (tertiary/aromatic N) is 3. The van der Waals surface area contributed by atoms with E-state index in [1.54, 1.807) is 6.07 Å². The van der Waals surface area contributed by atoms with Crippen LogP contribution in [0.3, 0.4) is 0 Å². The summed E-state index contributed by atoms with van der Waals surface area (Å²) in [6.45, 7) is 14.7. The van der Waals surface area contributed by atoms with Crippen molar-refractivity contribution in [2.75, 3.05) is 0 Å². The number of pyridine rings is 2. The van der Waals surface area contributed by atoms with Crippen molar-refractivity contribution in [3.05, 3.63) is 199 Å². The van der Waals surface area contributed by atoms with Crippen molar-refractivity contribution in [2.45, 2.75) is 59.3 Å². The number of nitriles is 1. The third kappa shape index (κ3) is 21.1. The van der Waals surface area contributed by atoms with Crippen LogP contribution in [0.1, 0.15) is 59.9 Å². The molecule has 0 saturated heterocycles. The molecule has 5 aromatic carbocycles. The van der Waals surface area contributed by atoms with Crippen molar-refractivity contribution in [3.8, 4) is 6.07 Å². The quantitative estimate of drug-likeness (QED) is 0.0722. The van der Waals surface area contributed by atoms with Crippen LogP contribution in [-0.2, 0) is 30.3 Å². The molecule has 0 saturated carbocycles. The zero-order valence-corrected chi connectivity index (χ0v) is 40.1. The van der Waals surface area contributed by atoms with E-state index in [2.05, 4.69) is 199 Å². The number of hydrogen-bond acceptors (Lipinski definition) is 3. The van der Waals surface area contributed by atoms with Crippen LogP contribution >= 0.6 is 23.7 Å². The fourth-order valence-electron chi connectivity index (χ4n) is 5.39. The average molecular weight is 991 g/mol. The van der Waals surface area contributed by atoms with Crippen LogP contribution in [0.5, 0.6) is 0 Å². The van der Waals surface area contributed by atoms with Gasteiger partial charge in [-0.15, -0.1) is 0 Å². The van der Waals surface area contributed by atoms with Gasteiger partial charge < -0.3 is 0 Å². The van der Waals surface area contributed by atoms with Gasteiger partial charge in [-0.2, -0.15) is 23.5 Å². The van der Waals surface area contributed by atoms with Crippen LogP contribution in [0.4, 0.5) is 25.2 Å². The number of halogens is 6. The molecule has 0 bridgehead atoms. The Morgan fingerprint density at radius 2 is 0.694 bits per heavy atom. The Bertz CT molecular complexity index is 2110. The first-order chi connectivity index (χ1) is 28.5. The van der Waals surface area contributed by atoms with Gasteiger partial charge >= 0.3 is 52.5 Å². The van der Waals surface area contributed by atoms with Gasteiger partial charge in [0.25, 0.3) is 0 Å². The summed E-state index contributed by atoms with van der Waals surface area (Å²) in [7, 11) is -11.9. The minimum atomic E-state index is -10.7. The minimum absolute atomic E-state index is 0. The molecule has 3 nitrogen and oxygen atoms in total. The van der Waals surface area contributed by atoms with Gasteiger partial charge in [-0.05, 0) is 45.5 Å². The van der Waals surface area contributed by atoms with Crippen LogP contribution in [-0.4, -0.2) is 9.97 Å². The minimum Gasteiger partial charge on any atom is -0.214 e. The molecule has 0 N–H and O–H groups in total. The fourth-order valence-corrected chi connectivity index (χ4v) is 9.81. The van der Waals surface area contributed by atoms with Crippen molar-refractivity contribution >= 4 is 55.7 Å². The maximum atomic E-state index is 9.87. The Labute approximate surface area is 378 Å². The van der Waals surface area contributed by atoms with E-state index in [-0.39, 0.29) is 30.3 Å². The van der Waals surface area contributed by atoms with E-state index in [0.29, 0.717) is 0 Å². The molecule has 0 amide bonds. The van der Waals surface area contributed by atoms with E-state index in [4.69, 9.17) is 15.2 Å². The van der Waals surface area contributed by atoms with Gasteiger partial charge in [0.1, 0.15) is 0 Å². The molecule has 0 aliphatic heterocycles. The average Bonchev–Trinajstić information content (AvgIpc) is 3.80. The molecule has 0 unspecified atom stereocenters. The topological polar surface area (TPSA) is 49.6 Å². The summed E-state index contributed by atoms with van der Waals surface area (Å²) >= 11 is 0. The Morgan fingerprint density at radius 1 is 0.452 bits per heavy atom. The maximum Gasteiger partial charge on any atom is 2.00 e. The first-order valence-corrected chi connectivity index (χ1v) is 24.0. The van der Waals surface area contributed by atoms with Gasteiger partial charge in [-0.25, -0.2) is 12.1 Å². The molecular formula is C49H52F6N3P3Ru. The second-order valence-electron chi connectivity index (χ2n) is 15.4. The Morgan fingerprint density at radius 3 is 0.887 bits per heavy atom. The molecule has 0 aliphatic rings. The summed E-state index contributed by atoms with van der Waals surface area (Å²) in [4.78, 5) is 10.1. The molecule has 328 valence electrons. The third-order valence-electron chi connectivity index (χ3n) is 8.08. The number of aromatic nitrogens is 2. The first-order valence-electron chi connectivity index (χ1n) is 19.3. The Hall–Kier alpha value is -4.49. The van der Waals surface area contributed by atoms with Crippen LogP contribution in [0.2, 0.25) is 0 Å².